The standard InChI is InChI=1S/C31H26BrFN6O3/c1-16-5-6-27(32)36-29(16)37-30(42)25-11-31(4)8-7-26(31)39(25)28(41)15-38-14-22(17(2)40)21-9-20(23(33)10-24(21)38)19-12-34-18(3)35-13-19/h5-6,9-10,12-14,25-26H,11,15H2,1-4H3,(H,36,37,42)/t25-,26+,31+/m0/s1. The first-order chi connectivity index (χ1) is 19.9. The van der Waals surface area contributed by atoms with Crippen molar-refractivity contribution >= 4 is 50.2 Å². The van der Waals surface area contributed by atoms with Gasteiger partial charge in [-0.15, -0.1) is 0 Å². The number of anilines is 1. The third kappa shape index (κ3) is 4.65. The van der Waals surface area contributed by atoms with Gasteiger partial charge in [-0.05, 0) is 73.8 Å². The van der Waals surface area contributed by atoms with Crippen molar-refractivity contribution in [2.75, 3.05) is 5.32 Å². The van der Waals surface area contributed by atoms with Gasteiger partial charge in [-0.1, -0.05) is 17.9 Å². The summed E-state index contributed by atoms with van der Waals surface area (Å²) < 4.78 is 17.5. The fourth-order valence-corrected chi connectivity index (χ4v) is 5.98. The second kappa shape index (κ2) is 10.1. The van der Waals surface area contributed by atoms with Crippen LogP contribution in [0.5, 0.6) is 0 Å². The van der Waals surface area contributed by atoms with Crippen LogP contribution >= 0.6 is 15.9 Å². The first kappa shape index (κ1) is 27.7. The average Bonchev–Trinajstić information content (AvgIpc) is 3.38. The second-order valence-electron chi connectivity index (χ2n) is 11.0. The number of aryl methyl sites for hydroxylation is 2. The van der Waals surface area contributed by atoms with E-state index in [1.165, 1.54) is 30.3 Å². The Hall–Kier alpha value is -4.43. The molecule has 0 saturated carbocycles. The Morgan fingerprint density at radius 3 is 2.60 bits per heavy atom. The summed E-state index contributed by atoms with van der Waals surface area (Å²) in [7, 11) is 0. The third-order valence-electron chi connectivity index (χ3n) is 7.97. The number of rotatable bonds is 6. The van der Waals surface area contributed by atoms with E-state index in [-0.39, 0.29) is 29.7 Å². The number of nitrogens with zero attached hydrogens (tertiary/aromatic N) is 5. The van der Waals surface area contributed by atoms with Crippen LogP contribution in [-0.4, -0.2) is 54.1 Å². The van der Waals surface area contributed by atoms with Gasteiger partial charge >= 0.3 is 0 Å². The van der Waals surface area contributed by atoms with Gasteiger partial charge in [-0.3, -0.25) is 14.4 Å². The smallest absolute Gasteiger partial charge is 0.248 e. The van der Waals surface area contributed by atoms with Crippen molar-refractivity contribution in [2.45, 2.75) is 52.7 Å². The highest BCUT2D eigenvalue weighted by Gasteiger charge is 2.55. The van der Waals surface area contributed by atoms with Crippen molar-refractivity contribution < 1.29 is 18.8 Å². The lowest BCUT2D eigenvalue weighted by Crippen LogP contribution is -2.50. The van der Waals surface area contributed by atoms with E-state index in [0.29, 0.717) is 44.7 Å². The number of pyridine rings is 1. The molecule has 1 saturated heterocycles. The van der Waals surface area contributed by atoms with Gasteiger partial charge < -0.3 is 14.8 Å². The average molecular weight is 629 g/mol. The molecule has 4 aromatic rings. The maximum atomic E-state index is 15.4. The number of benzene rings is 1. The topological polar surface area (TPSA) is 110 Å². The van der Waals surface area contributed by atoms with Crippen molar-refractivity contribution in [3.63, 3.8) is 0 Å². The third-order valence-corrected chi connectivity index (χ3v) is 8.41. The van der Waals surface area contributed by atoms with Crippen molar-refractivity contribution in [2.24, 2.45) is 5.41 Å². The van der Waals surface area contributed by atoms with E-state index in [1.54, 1.807) is 29.8 Å². The molecule has 1 N–H and O–H groups in total. The number of fused-ring (bicyclic) bond motifs is 2. The van der Waals surface area contributed by atoms with Crippen LogP contribution in [0.25, 0.3) is 22.0 Å². The molecule has 42 heavy (non-hydrogen) atoms. The highest BCUT2D eigenvalue weighted by Crippen LogP contribution is 2.45. The maximum absolute atomic E-state index is 15.4. The van der Waals surface area contributed by atoms with Gasteiger partial charge in [0.25, 0.3) is 0 Å². The number of carbonyl (C=O) groups excluding carboxylic acids is 3. The van der Waals surface area contributed by atoms with E-state index in [9.17, 15) is 14.4 Å². The van der Waals surface area contributed by atoms with Gasteiger partial charge in [-0.2, -0.15) is 0 Å². The SMILES string of the molecule is CC(=O)c1cn(CC(=O)N2[C@H](C(=O)Nc3nc(Br)ccc3C)C[C@@]3(C)C#C[C@@H]23)c2cc(F)c(-c3cnc(C)nc3)cc12. The molecule has 0 spiro atoms. The van der Waals surface area contributed by atoms with E-state index >= 15 is 4.39 Å². The molecular weight excluding hydrogens is 603 g/mol. The molecule has 0 unspecified atom stereocenters. The van der Waals surface area contributed by atoms with Crippen molar-refractivity contribution in [3.05, 3.63) is 70.2 Å². The first-order valence-corrected chi connectivity index (χ1v) is 14.1. The lowest BCUT2D eigenvalue weighted by Gasteiger charge is -2.34. The zero-order valence-corrected chi connectivity index (χ0v) is 24.9. The lowest BCUT2D eigenvalue weighted by molar-refractivity contribution is -0.138. The Bertz CT molecular complexity index is 1880. The summed E-state index contributed by atoms with van der Waals surface area (Å²) in [5.74, 6) is 5.64. The molecule has 4 heterocycles. The molecule has 1 aromatic carbocycles. The molecule has 3 atom stereocenters. The first-order valence-electron chi connectivity index (χ1n) is 13.4. The molecule has 1 aliphatic heterocycles. The van der Waals surface area contributed by atoms with Crippen LogP contribution < -0.4 is 5.32 Å². The summed E-state index contributed by atoms with van der Waals surface area (Å²) >= 11 is 3.33. The Balaban J connectivity index is 1.34. The number of likely N-dealkylation sites (tertiary alicyclic amines) is 1. The predicted octanol–water partition coefficient (Wildman–Crippen LogP) is 4.85. The van der Waals surface area contributed by atoms with Gasteiger partial charge in [0.1, 0.15) is 40.7 Å². The van der Waals surface area contributed by atoms with E-state index in [2.05, 4.69) is 48.0 Å². The quantitative estimate of drug-likeness (QED) is 0.186. The summed E-state index contributed by atoms with van der Waals surface area (Å²) in [6, 6.07) is 5.28. The van der Waals surface area contributed by atoms with Crippen LogP contribution in [0.15, 0.2) is 47.5 Å². The largest absolute Gasteiger partial charge is 0.337 e. The summed E-state index contributed by atoms with van der Waals surface area (Å²) in [6.45, 7) is 6.73. The number of amides is 2. The molecule has 6 rings (SSSR count). The zero-order chi connectivity index (χ0) is 29.9. The minimum atomic E-state index is -0.797. The summed E-state index contributed by atoms with van der Waals surface area (Å²) in [5, 5.41) is 3.38. The molecule has 0 bridgehead atoms. The van der Waals surface area contributed by atoms with Gasteiger partial charge in [0.2, 0.25) is 11.8 Å². The van der Waals surface area contributed by atoms with Crippen molar-refractivity contribution in [1.82, 2.24) is 24.4 Å². The monoisotopic (exact) mass is 628 g/mol. The van der Waals surface area contributed by atoms with Crippen LogP contribution in [0.2, 0.25) is 0 Å². The highest BCUT2D eigenvalue weighted by atomic mass is 79.9. The van der Waals surface area contributed by atoms with E-state index in [1.807, 2.05) is 19.9 Å². The Kier molecular flexibility index (Phi) is 6.69. The number of hydrogen-bond acceptors (Lipinski definition) is 6. The zero-order valence-electron chi connectivity index (χ0n) is 23.3. The van der Waals surface area contributed by atoms with Crippen LogP contribution in [0.1, 0.15) is 42.0 Å². The Morgan fingerprint density at radius 2 is 1.93 bits per heavy atom. The van der Waals surface area contributed by atoms with Crippen molar-refractivity contribution in [1.29, 1.82) is 0 Å². The molecule has 2 aliphatic rings. The molecule has 1 fully saturated rings. The minimum absolute atomic E-state index is 0.206. The Morgan fingerprint density at radius 1 is 1.19 bits per heavy atom. The number of halogens is 2. The molecule has 0 radical (unpaired) electrons. The van der Waals surface area contributed by atoms with Crippen molar-refractivity contribution in [3.8, 4) is 23.0 Å². The van der Waals surface area contributed by atoms with Crippen LogP contribution in [-0.2, 0) is 16.1 Å². The number of Topliss-reactive ketones (excluding diaryl/α,β-unsaturated/α-hetero) is 1. The lowest BCUT2D eigenvalue weighted by atomic mass is 9.76. The van der Waals surface area contributed by atoms with Gasteiger partial charge in [0, 0.05) is 40.7 Å². The normalized spacial score (nSPS) is 20.5. The fraction of sp³-hybridized carbons (Fsp3) is 0.290. The summed E-state index contributed by atoms with van der Waals surface area (Å²) in [6.07, 6.45) is 4.99. The summed E-state index contributed by atoms with van der Waals surface area (Å²) in [5.41, 5.74) is 1.73. The predicted molar refractivity (Wildman–Crippen MR) is 158 cm³/mol. The van der Waals surface area contributed by atoms with E-state index in [0.717, 1.165) is 5.56 Å². The molecule has 2 amide bonds. The minimum Gasteiger partial charge on any atom is -0.337 e. The van der Waals surface area contributed by atoms with Gasteiger partial charge in [-0.25, -0.2) is 19.3 Å². The van der Waals surface area contributed by atoms with Crippen LogP contribution in [0.3, 0.4) is 0 Å². The number of aromatic nitrogens is 4. The number of nitrogens with one attached hydrogen (secondary N) is 1. The highest BCUT2D eigenvalue weighted by molar-refractivity contribution is 9.10. The molecule has 1 aliphatic carbocycles. The molecule has 9 nitrogen and oxygen atoms in total. The van der Waals surface area contributed by atoms with E-state index in [4.69, 9.17) is 0 Å². The Labute approximate surface area is 249 Å². The second-order valence-corrected chi connectivity index (χ2v) is 11.8. The molecular formula is C31H26BrFN6O3. The maximum Gasteiger partial charge on any atom is 0.248 e. The summed E-state index contributed by atoms with van der Waals surface area (Å²) in [4.78, 5) is 54.2. The number of hydrogen-bond donors (Lipinski definition) is 1. The van der Waals surface area contributed by atoms with Crippen LogP contribution in [0, 0.1) is 36.9 Å². The molecule has 11 heteroatoms. The van der Waals surface area contributed by atoms with Gasteiger partial charge in [0.15, 0.2) is 5.78 Å². The van der Waals surface area contributed by atoms with E-state index < -0.39 is 23.3 Å². The van der Waals surface area contributed by atoms with Crippen LogP contribution in [0.4, 0.5) is 10.2 Å². The number of ketones is 1. The molecule has 212 valence electrons. The van der Waals surface area contributed by atoms with Gasteiger partial charge in [0.05, 0.1) is 10.9 Å². The molecule has 3 aromatic heterocycles. The fourth-order valence-electron chi connectivity index (χ4n) is 5.67. The number of carbonyl (C=O) groups is 3.